The topological polar surface area (TPSA) is 59.8 Å². The molecular weight excluding hydrogens is 476 g/mol. The number of hydrogen-bond acceptors (Lipinski definition) is 4. The molecule has 1 atom stereocenters. The van der Waals surface area contributed by atoms with E-state index in [1.54, 1.807) is 18.0 Å². The molecule has 0 saturated heterocycles. The maximum absolute atomic E-state index is 12.7. The lowest BCUT2D eigenvalue weighted by Crippen LogP contribution is -2.27. The number of imidazole rings is 1. The summed E-state index contributed by atoms with van der Waals surface area (Å²) in [4.78, 5) is 21.9. The van der Waals surface area contributed by atoms with E-state index in [-0.39, 0.29) is 11.8 Å². The predicted octanol–water partition coefficient (Wildman–Crippen LogP) is 6.61. The van der Waals surface area contributed by atoms with Gasteiger partial charge in [-0.1, -0.05) is 91.0 Å². The molecule has 186 valence electrons. The summed E-state index contributed by atoms with van der Waals surface area (Å²) < 4.78 is 2.23. The third kappa shape index (κ3) is 6.09. The Hall–Kier alpha value is -3.90. The highest BCUT2D eigenvalue weighted by molar-refractivity contribution is 7.98. The molecule has 5 nitrogen and oxygen atoms in total. The van der Waals surface area contributed by atoms with Gasteiger partial charge in [0.15, 0.2) is 5.16 Å². The maximum Gasteiger partial charge on any atom is 0.251 e. The van der Waals surface area contributed by atoms with Crippen LogP contribution in [0.3, 0.4) is 0 Å². The normalized spacial score (nSPS) is 11.9. The smallest absolute Gasteiger partial charge is 0.251 e. The molecule has 5 aromatic rings. The fraction of sp³-hybridized carbons (Fsp3) is 0.194. The van der Waals surface area contributed by atoms with Gasteiger partial charge in [0, 0.05) is 24.1 Å². The maximum atomic E-state index is 12.7. The fourth-order valence-electron chi connectivity index (χ4n) is 4.35. The highest BCUT2D eigenvalue weighted by atomic mass is 32.2. The summed E-state index contributed by atoms with van der Waals surface area (Å²) in [6, 6.07) is 28.6. The Morgan fingerprint density at radius 3 is 2.57 bits per heavy atom. The molecule has 0 aliphatic rings. The Kier molecular flexibility index (Phi) is 7.66. The van der Waals surface area contributed by atoms with Crippen LogP contribution in [0.15, 0.2) is 102 Å². The highest BCUT2D eigenvalue weighted by Crippen LogP contribution is 2.27. The molecule has 2 aromatic heterocycles. The van der Waals surface area contributed by atoms with Crippen LogP contribution in [-0.2, 0) is 12.3 Å². The molecule has 0 bridgehead atoms. The number of nitrogens with one attached hydrogen (secondary N) is 1. The zero-order valence-corrected chi connectivity index (χ0v) is 21.9. The number of amides is 1. The number of rotatable bonds is 9. The second kappa shape index (κ2) is 11.4. The Balaban J connectivity index is 1.24. The lowest BCUT2D eigenvalue weighted by atomic mass is 10.0. The first-order valence-electron chi connectivity index (χ1n) is 12.5. The van der Waals surface area contributed by atoms with E-state index in [4.69, 9.17) is 4.98 Å². The Morgan fingerprint density at radius 1 is 0.973 bits per heavy atom. The number of hydrogen-bond donors (Lipinski definition) is 1. The molecule has 2 heterocycles. The van der Waals surface area contributed by atoms with Crippen molar-refractivity contribution in [2.24, 2.45) is 0 Å². The summed E-state index contributed by atoms with van der Waals surface area (Å²) in [5, 5.41) is 4.02. The number of benzene rings is 3. The van der Waals surface area contributed by atoms with Crippen molar-refractivity contribution in [1.82, 2.24) is 19.9 Å². The van der Waals surface area contributed by atoms with Crippen molar-refractivity contribution >= 4 is 28.7 Å². The lowest BCUT2D eigenvalue weighted by Gasteiger charge is -2.13. The van der Waals surface area contributed by atoms with Crippen molar-refractivity contribution in [1.29, 1.82) is 0 Å². The van der Waals surface area contributed by atoms with Crippen molar-refractivity contribution in [3.05, 3.63) is 125 Å². The van der Waals surface area contributed by atoms with Crippen LogP contribution in [0, 0.1) is 6.92 Å². The summed E-state index contributed by atoms with van der Waals surface area (Å²) in [5.74, 6) is 0.974. The molecule has 37 heavy (non-hydrogen) atoms. The van der Waals surface area contributed by atoms with E-state index in [0.717, 1.165) is 34.1 Å². The first-order chi connectivity index (χ1) is 18.1. The average molecular weight is 507 g/mol. The minimum Gasteiger partial charge on any atom is -0.351 e. The van der Waals surface area contributed by atoms with E-state index in [1.165, 1.54) is 16.7 Å². The molecule has 0 aliphatic carbocycles. The molecule has 0 spiro atoms. The van der Waals surface area contributed by atoms with Crippen LogP contribution in [0.5, 0.6) is 0 Å². The first kappa shape index (κ1) is 24.8. The van der Waals surface area contributed by atoms with Gasteiger partial charge in [-0.25, -0.2) is 4.98 Å². The second-order valence-corrected chi connectivity index (χ2v) is 10.3. The molecule has 0 fully saturated rings. The van der Waals surface area contributed by atoms with Gasteiger partial charge in [-0.2, -0.15) is 0 Å². The number of pyridine rings is 1. The third-order valence-electron chi connectivity index (χ3n) is 6.46. The van der Waals surface area contributed by atoms with Crippen molar-refractivity contribution in [2.75, 3.05) is 6.54 Å². The van der Waals surface area contributed by atoms with E-state index < -0.39 is 0 Å². The molecule has 1 amide bonds. The summed E-state index contributed by atoms with van der Waals surface area (Å²) in [6.07, 6.45) is 3.67. The number of carbonyl (C=O) groups excluding carboxylic acids is 1. The van der Waals surface area contributed by atoms with Crippen LogP contribution in [0.2, 0.25) is 0 Å². The second-order valence-electron chi connectivity index (χ2n) is 9.34. The largest absolute Gasteiger partial charge is 0.351 e. The Bertz CT molecular complexity index is 1500. The van der Waals surface area contributed by atoms with Crippen molar-refractivity contribution in [3.63, 3.8) is 0 Å². The van der Waals surface area contributed by atoms with Gasteiger partial charge in [0.2, 0.25) is 0 Å². The van der Waals surface area contributed by atoms with Gasteiger partial charge in [0.05, 0.1) is 23.8 Å². The summed E-state index contributed by atoms with van der Waals surface area (Å²) >= 11 is 1.70. The van der Waals surface area contributed by atoms with E-state index in [0.29, 0.717) is 12.1 Å². The van der Waals surface area contributed by atoms with Gasteiger partial charge < -0.3 is 9.88 Å². The van der Waals surface area contributed by atoms with E-state index in [1.807, 2.05) is 54.7 Å². The van der Waals surface area contributed by atoms with Gasteiger partial charge in [0.25, 0.3) is 5.91 Å². The van der Waals surface area contributed by atoms with Crippen LogP contribution in [0.1, 0.15) is 45.5 Å². The minimum atomic E-state index is -0.0468. The van der Waals surface area contributed by atoms with Crippen molar-refractivity contribution < 1.29 is 4.79 Å². The zero-order valence-electron chi connectivity index (χ0n) is 21.1. The van der Waals surface area contributed by atoms with Crippen LogP contribution < -0.4 is 5.32 Å². The molecule has 3 aromatic carbocycles. The van der Waals surface area contributed by atoms with Crippen LogP contribution in [0.25, 0.3) is 11.0 Å². The summed E-state index contributed by atoms with van der Waals surface area (Å²) in [7, 11) is 0. The molecule has 0 radical (unpaired) electrons. The molecular formula is C31H30N4OS. The number of carbonyl (C=O) groups is 1. The number of thioether (sulfide) groups is 1. The molecule has 0 saturated carbocycles. The van der Waals surface area contributed by atoms with Gasteiger partial charge in [0.1, 0.15) is 0 Å². The number of fused-ring (bicyclic) bond motifs is 1. The average Bonchev–Trinajstić information content (AvgIpc) is 3.28. The van der Waals surface area contributed by atoms with Crippen molar-refractivity contribution in [2.45, 2.75) is 37.2 Å². The van der Waals surface area contributed by atoms with Crippen LogP contribution >= 0.6 is 11.8 Å². The Labute approximate surface area is 222 Å². The predicted molar refractivity (Wildman–Crippen MR) is 151 cm³/mol. The van der Waals surface area contributed by atoms with Crippen LogP contribution in [-0.4, -0.2) is 27.0 Å². The number of aromatic nitrogens is 3. The standard InChI is InChI=1S/C31H30N4OS/c1-22-7-6-8-25(17-22)20-35-29-19-32-16-15-28(29)34-31(35)37-21-24-11-13-27(14-12-24)30(36)33-18-23(2)26-9-4-3-5-10-26/h3-17,19,23H,18,20-21H2,1-2H3,(H,33,36)/t23-/m0/s1. The fourth-order valence-corrected chi connectivity index (χ4v) is 5.32. The van der Waals surface area contributed by atoms with Gasteiger partial charge in [-0.05, 0) is 47.7 Å². The van der Waals surface area contributed by atoms with E-state index in [9.17, 15) is 4.79 Å². The first-order valence-corrected chi connectivity index (χ1v) is 13.5. The minimum absolute atomic E-state index is 0.0468. The molecule has 0 aliphatic heterocycles. The summed E-state index contributed by atoms with van der Waals surface area (Å²) in [6.45, 7) is 5.58. The quantitative estimate of drug-likeness (QED) is 0.228. The van der Waals surface area contributed by atoms with Crippen LogP contribution in [0.4, 0.5) is 0 Å². The molecule has 0 unspecified atom stereocenters. The van der Waals surface area contributed by atoms with Gasteiger partial charge in [-0.15, -0.1) is 0 Å². The number of nitrogens with zero attached hydrogens (tertiary/aromatic N) is 3. The highest BCUT2D eigenvalue weighted by Gasteiger charge is 2.13. The van der Waals surface area contributed by atoms with Gasteiger partial charge >= 0.3 is 0 Å². The zero-order chi connectivity index (χ0) is 25.6. The van der Waals surface area contributed by atoms with Gasteiger partial charge in [-0.3, -0.25) is 9.78 Å². The SMILES string of the molecule is Cc1cccc(Cn2c(SCc3ccc(C(=O)NC[C@H](C)c4ccccc4)cc3)nc3ccncc32)c1. The Morgan fingerprint density at radius 2 is 1.78 bits per heavy atom. The number of aryl methyl sites for hydroxylation is 1. The lowest BCUT2D eigenvalue weighted by molar-refractivity contribution is 0.0951. The monoisotopic (exact) mass is 506 g/mol. The van der Waals surface area contributed by atoms with E-state index in [2.05, 4.69) is 65.1 Å². The molecule has 6 heteroatoms. The molecule has 5 rings (SSSR count). The van der Waals surface area contributed by atoms with E-state index >= 15 is 0 Å². The third-order valence-corrected chi connectivity index (χ3v) is 7.51. The van der Waals surface area contributed by atoms with Crippen molar-refractivity contribution in [3.8, 4) is 0 Å². The molecule has 1 N–H and O–H groups in total. The summed E-state index contributed by atoms with van der Waals surface area (Å²) in [5.41, 5.74) is 7.50.